The number of amides is 2. The minimum Gasteiger partial charge on any atom is -0.324 e. The topological polar surface area (TPSA) is 167 Å². The van der Waals surface area contributed by atoms with Gasteiger partial charge < -0.3 is 9.97 Å². The normalized spacial score (nSPS) is 11.3. The van der Waals surface area contributed by atoms with Crippen molar-refractivity contribution in [3.05, 3.63) is 58.5 Å². The highest BCUT2D eigenvalue weighted by atomic mass is 32.2. The van der Waals surface area contributed by atoms with Gasteiger partial charge in [0.15, 0.2) is 8.68 Å². The van der Waals surface area contributed by atoms with Gasteiger partial charge >= 0.3 is 0 Å². The van der Waals surface area contributed by atoms with E-state index in [1.54, 1.807) is 0 Å². The Kier molecular flexibility index (Phi) is 7.99. The Morgan fingerprint density at radius 3 is 1.57 bits per heavy atom. The first-order valence-corrected chi connectivity index (χ1v) is 15.6. The van der Waals surface area contributed by atoms with Crippen LogP contribution in [0.15, 0.2) is 57.2 Å². The summed E-state index contributed by atoms with van der Waals surface area (Å²) in [6.45, 7) is 0. The van der Waals surface area contributed by atoms with Gasteiger partial charge in [-0.15, -0.1) is 20.4 Å². The van der Waals surface area contributed by atoms with Crippen molar-refractivity contribution in [1.29, 1.82) is 0 Å². The zero-order valence-corrected chi connectivity index (χ0v) is 23.8. The largest absolute Gasteiger partial charge is 0.324 e. The lowest BCUT2D eigenvalue weighted by atomic mass is 10.3. The Morgan fingerprint density at radius 1 is 0.675 bits per heavy atom. The molecule has 40 heavy (non-hydrogen) atoms. The average Bonchev–Trinajstić information content (AvgIpc) is 3.75. The van der Waals surface area contributed by atoms with Gasteiger partial charge in [-0.1, -0.05) is 70.5 Å². The Morgan fingerprint density at radius 2 is 1.12 bits per heavy atom. The van der Waals surface area contributed by atoms with Crippen LogP contribution in [0.2, 0.25) is 0 Å². The van der Waals surface area contributed by atoms with E-state index in [0.29, 0.717) is 24.7 Å². The van der Waals surface area contributed by atoms with Crippen LogP contribution in [0.3, 0.4) is 0 Å². The van der Waals surface area contributed by atoms with E-state index in [-0.39, 0.29) is 23.3 Å². The fraction of sp³-hybridized carbons (Fsp3) is 0.167. The number of hydrogen-bond donors (Lipinski definition) is 4. The van der Waals surface area contributed by atoms with Crippen molar-refractivity contribution < 1.29 is 9.59 Å². The molecule has 0 aliphatic heterocycles. The number of nitrogens with zero attached hydrogens (tertiary/aromatic N) is 6. The number of aromatic nitrogens is 8. The monoisotopic (exact) mass is 608 g/mol. The van der Waals surface area contributed by atoms with Crippen LogP contribution in [-0.2, 0) is 22.4 Å². The van der Waals surface area contributed by atoms with Gasteiger partial charge in [-0.3, -0.25) is 20.2 Å². The molecule has 202 valence electrons. The van der Waals surface area contributed by atoms with E-state index >= 15 is 0 Å². The molecule has 12 nitrogen and oxygen atoms in total. The van der Waals surface area contributed by atoms with Crippen LogP contribution in [0, 0.1) is 0 Å². The standard InChI is InChI=1S/C24H20N10O2S4/c35-17(29-21-25-13-5-1-2-6-14(13)26-21)11-37-23-33-31-19(39-23)9-10-20-32-34-24(40-20)38-12-18(36)30-22-27-15-7-3-4-8-16(15)28-22/h1-8H,9-12H2,(H2,25,26,29,35)(H2,27,28,30,36). The van der Waals surface area contributed by atoms with Crippen molar-refractivity contribution in [2.75, 3.05) is 22.1 Å². The molecule has 6 aromatic rings. The summed E-state index contributed by atoms with van der Waals surface area (Å²) in [6, 6.07) is 15.2. The molecule has 0 bridgehead atoms. The lowest BCUT2D eigenvalue weighted by molar-refractivity contribution is -0.114. The van der Waals surface area contributed by atoms with Gasteiger partial charge in [-0.05, 0) is 24.3 Å². The molecule has 2 aromatic carbocycles. The van der Waals surface area contributed by atoms with Gasteiger partial charge in [0.25, 0.3) is 0 Å². The van der Waals surface area contributed by atoms with E-state index in [0.717, 1.165) is 40.8 Å². The van der Waals surface area contributed by atoms with Crippen LogP contribution in [0.25, 0.3) is 22.1 Å². The Bertz CT molecular complexity index is 1600. The van der Waals surface area contributed by atoms with Crippen molar-refractivity contribution in [2.45, 2.75) is 21.5 Å². The number of carbonyl (C=O) groups is 2. The predicted octanol–water partition coefficient (Wildman–Crippen LogP) is 4.39. The van der Waals surface area contributed by atoms with Crippen molar-refractivity contribution in [2.24, 2.45) is 0 Å². The minimum absolute atomic E-state index is 0.175. The van der Waals surface area contributed by atoms with E-state index < -0.39 is 0 Å². The number of aromatic amines is 2. The van der Waals surface area contributed by atoms with Crippen molar-refractivity contribution in [3.8, 4) is 0 Å². The van der Waals surface area contributed by atoms with Crippen LogP contribution in [0.5, 0.6) is 0 Å². The summed E-state index contributed by atoms with van der Waals surface area (Å²) < 4.78 is 1.44. The molecule has 0 aliphatic rings. The number of benzene rings is 2. The number of anilines is 2. The maximum atomic E-state index is 12.3. The van der Waals surface area contributed by atoms with Gasteiger partial charge in [0.05, 0.1) is 33.6 Å². The van der Waals surface area contributed by atoms with Gasteiger partial charge in [-0.2, -0.15) is 0 Å². The number of nitrogens with one attached hydrogen (secondary N) is 4. The molecule has 0 radical (unpaired) electrons. The van der Waals surface area contributed by atoms with E-state index in [1.807, 2.05) is 48.5 Å². The number of rotatable bonds is 11. The molecule has 4 aromatic heterocycles. The van der Waals surface area contributed by atoms with Crippen LogP contribution in [-0.4, -0.2) is 63.7 Å². The summed E-state index contributed by atoms with van der Waals surface area (Å²) in [6.07, 6.45) is 1.32. The number of hydrogen-bond acceptors (Lipinski definition) is 12. The predicted molar refractivity (Wildman–Crippen MR) is 158 cm³/mol. The van der Waals surface area contributed by atoms with Crippen molar-refractivity contribution in [3.63, 3.8) is 0 Å². The third-order valence-corrected chi connectivity index (χ3v) is 9.63. The first-order valence-electron chi connectivity index (χ1n) is 12.0. The fourth-order valence-electron chi connectivity index (χ4n) is 3.62. The second-order valence-electron chi connectivity index (χ2n) is 8.30. The third-order valence-electron chi connectivity index (χ3n) is 5.40. The molecule has 0 aliphatic carbocycles. The number of H-pyrrole nitrogens is 2. The van der Waals surface area contributed by atoms with Crippen LogP contribution in [0.1, 0.15) is 10.0 Å². The Balaban J connectivity index is 0.922. The lowest BCUT2D eigenvalue weighted by Crippen LogP contribution is -2.14. The fourth-order valence-corrected chi connectivity index (χ4v) is 7.01. The molecule has 4 N–H and O–H groups in total. The molecule has 4 heterocycles. The van der Waals surface area contributed by atoms with Crippen LogP contribution >= 0.6 is 46.2 Å². The highest BCUT2D eigenvalue weighted by Gasteiger charge is 2.13. The molecule has 16 heteroatoms. The number of fused-ring (bicyclic) bond motifs is 2. The van der Waals surface area contributed by atoms with Gasteiger partial charge in [0.2, 0.25) is 23.7 Å². The minimum atomic E-state index is -0.175. The van der Waals surface area contributed by atoms with E-state index in [1.165, 1.54) is 46.2 Å². The number of imidazole rings is 2. The first kappa shape index (κ1) is 26.4. The molecule has 0 fully saturated rings. The zero-order valence-electron chi connectivity index (χ0n) is 20.6. The van der Waals surface area contributed by atoms with Crippen LogP contribution in [0.4, 0.5) is 11.9 Å². The molecule has 0 spiro atoms. The number of aryl methyl sites for hydroxylation is 2. The van der Waals surface area contributed by atoms with Gasteiger partial charge in [0, 0.05) is 12.8 Å². The number of carbonyl (C=O) groups excluding carboxylic acids is 2. The van der Waals surface area contributed by atoms with E-state index in [9.17, 15) is 9.59 Å². The van der Waals surface area contributed by atoms with Gasteiger partial charge in [-0.25, -0.2) is 9.97 Å². The van der Waals surface area contributed by atoms with Crippen LogP contribution < -0.4 is 10.6 Å². The summed E-state index contributed by atoms with van der Waals surface area (Å²) in [5, 5.41) is 24.1. The summed E-state index contributed by atoms with van der Waals surface area (Å²) in [5.74, 6) is 0.897. The molecule has 0 saturated heterocycles. The SMILES string of the molecule is O=C(CSc1nnc(CCc2nnc(SCC(=O)Nc3nc4ccccc4[nH]3)s2)s1)Nc1nc2ccccc2[nH]1. The first-order chi connectivity index (χ1) is 19.6. The van der Waals surface area contributed by atoms with E-state index in [4.69, 9.17) is 0 Å². The Hall–Kier alpha value is -3.86. The Labute approximate surface area is 243 Å². The number of para-hydroxylation sites is 4. The highest BCUT2D eigenvalue weighted by molar-refractivity contribution is 8.01. The second-order valence-corrected chi connectivity index (χ2v) is 12.9. The quantitative estimate of drug-likeness (QED) is 0.155. The van der Waals surface area contributed by atoms with E-state index in [2.05, 4.69) is 51.0 Å². The number of thioether (sulfide) groups is 2. The highest BCUT2D eigenvalue weighted by Crippen LogP contribution is 2.26. The molecular weight excluding hydrogens is 589 g/mol. The molecule has 6 rings (SSSR count). The lowest BCUT2D eigenvalue weighted by Gasteiger charge is -1.99. The van der Waals surface area contributed by atoms with Crippen molar-refractivity contribution >= 4 is 92.0 Å². The maximum absolute atomic E-state index is 12.3. The third kappa shape index (κ3) is 6.64. The molecule has 0 atom stereocenters. The van der Waals surface area contributed by atoms with Gasteiger partial charge in [0.1, 0.15) is 10.0 Å². The summed E-state index contributed by atoms with van der Waals surface area (Å²) in [4.78, 5) is 39.5. The zero-order chi connectivity index (χ0) is 27.3. The molecule has 2 amide bonds. The summed E-state index contributed by atoms with van der Waals surface area (Å²) in [5.41, 5.74) is 3.32. The maximum Gasteiger partial charge on any atom is 0.237 e. The molecular formula is C24H20N10O2S4. The summed E-state index contributed by atoms with van der Waals surface area (Å²) >= 11 is 5.57. The van der Waals surface area contributed by atoms with Crippen molar-refractivity contribution in [1.82, 2.24) is 40.3 Å². The average molecular weight is 609 g/mol. The second kappa shape index (κ2) is 12.1. The molecule has 0 saturated carbocycles. The molecule has 0 unspecified atom stereocenters. The summed E-state index contributed by atoms with van der Waals surface area (Å²) in [7, 11) is 0. The smallest absolute Gasteiger partial charge is 0.237 e.